The van der Waals surface area contributed by atoms with Crippen molar-refractivity contribution < 1.29 is 14.3 Å². The molecule has 2 aliphatic rings. The van der Waals surface area contributed by atoms with Gasteiger partial charge in [0, 0.05) is 19.0 Å². The molecule has 1 aliphatic carbocycles. The smallest absolute Gasteiger partial charge is 0.310 e. The summed E-state index contributed by atoms with van der Waals surface area (Å²) in [6.07, 6.45) is 1.72. The molecule has 1 heterocycles. The molecular formula is C12H19NO3. The van der Waals surface area contributed by atoms with Crippen LogP contribution in [0.4, 0.5) is 0 Å². The number of esters is 1. The molecule has 90 valence electrons. The molecule has 1 amide bonds. The van der Waals surface area contributed by atoms with Crippen molar-refractivity contribution in [3.63, 3.8) is 0 Å². The quantitative estimate of drug-likeness (QED) is 0.660. The van der Waals surface area contributed by atoms with Gasteiger partial charge in [-0.1, -0.05) is 13.8 Å². The maximum absolute atomic E-state index is 12.1. The second-order valence-corrected chi connectivity index (χ2v) is 5.54. The van der Waals surface area contributed by atoms with E-state index in [0.29, 0.717) is 13.1 Å². The Balaban J connectivity index is 1.90. The van der Waals surface area contributed by atoms with Gasteiger partial charge in [0.15, 0.2) is 0 Å². The maximum atomic E-state index is 12.1. The number of rotatable bonds is 2. The van der Waals surface area contributed by atoms with Crippen LogP contribution in [0.2, 0.25) is 0 Å². The van der Waals surface area contributed by atoms with Crippen LogP contribution in [0.3, 0.4) is 0 Å². The van der Waals surface area contributed by atoms with Crippen LogP contribution in [0.1, 0.15) is 26.7 Å². The summed E-state index contributed by atoms with van der Waals surface area (Å²) in [7, 11) is 1.40. The van der Waals surface area contributed by atoms with Gasteiger partial charge in [0.05, 0.1) is 13.0 Å². The number of nitrogens with zero attached hydrogens (tertiary/aromatic N) is 1. The molecule has 4 heteroatoms. The molecule has 16 heavy (non-hydrogen) atoms. The summed E-state index contributed by atoms with van der Waals surface area (Å²) in [5.41, 5.74) is 0.167. The van der Waals surface area contributed by atoms with Crippen LogP contribution >= 0.6 is 0 Å². The van der Waals surface area contributed by atoms with Crippen molar-refractivity contribution in [3.8, 4) is 0 Å². The Kier molecular flexibility index (Phi) is 2.68. The van der Waals surface area contributed by atoms with Gasteiger partial charge in [0.25, 0.3) is 0 Å². The minimum Gasteiger partial charge on any atom is -0.469 e. The first-order chi connectivity index (χ1) is 7.45. The molecule has 0 aromatic carbocycles. The molecule has 2 rings (SSSR count). The van der Waals surface area contributed by atoms with Gasteiger partial charge in [-0.3, -0.25) is 9.59 Å². The van der Waals surface area contributed by atoms with E-state index in [0.717, 1.165) is 12.8 Å². The lowest BCUT2D eigenvalue weighted by Gasteiger charge is -2.17. The van der Waals surface area contributed by atoms with Crippen LogP contribution in [-0.2, 0) is 14.3 Å². The van der Waals surface area contributed by atoms with Gasteiger partial charge < -0.3 is 9.64 Å². The fourth-order valence-corrected chi connectivity index (χ4v) is 2.43. The SMILES string of the molecule is COC(=O)C1CCN(C(=O)C2CC2(C)C)C1. The highest BCUT2D eigenvalue weighted by atomic mass is 16.5. The standard InChI is InChI=1S/C12H19NO3/c1-12(2)6-9(12)10(14)13-5-4-8(7-13)11(15)16-3/h8-9H,4-7H2,1-3H3. The van der Waals surface area contributed by atoms with E-state index >= 15 is 0 Å². The molecule has 0 aromatic rings. The Morgan fingerprint density at radius 3 is 2.50 bits per heavy atom. The van der Waals surface area contributed by atoms with E-state index in [-0.39, 0.29) is 29.1 Å². The highest BCUT2D eigenvalue weighted by molar-refractivity contribution is 5.84. The van der Waals surface area contributed by atoms with Crippen molar-refractivity contribution in [2.45, 2.75) is 26.7 Å². The number of hydrogen-bond acceptors (Lipinski definition) is 3. The molecule has 0 radical (unpaired) electrons. The lowest BCUT2D eigenvalue weighted by atomic mass is 10.1. The van der Waals surface area contributed by atoms with E-state index in [2.05, 4.69) is 13.8 Å². The van der Waals surface area contributed by atoms with E-state index in [1.54, 1.807) is 0 Å². The zero-order valence-corrected chi connectivity index (χ0v) is 10.2. The van der Waals surface area contributed by atoms with E-state index in [4.69, 9.17) is 4.74 Å². The topological polar surface area (TPSA) is 46.6 Å². The maximum Gasteiger partial charge on any atom is 0.310 e. The average molecular weight is 225 g/mol. The second-order valence-electron chi connectivity index (χ2n) is 5.54. The highest BCUT2D eigenvalue weighted by Crippen LogP contribution is 2.52. The molecule has 1 saturated carbocycles. The molecule has 0 bridgehead atoms. The number of methoxy groups -OCH3 is 1. The normalized spacial score (nSPS) is 31.3. The Morgan fingerprint density at radius 2 is 2.00 bits per heavy atom. The Labute approximate surface area is 95.9 Å². The zero-order valence-electron chi connectivity index (χ0n) is 10.2. The third-order valence-corrected chi connectivity index (χ3v) is 3.85. The molecule has 4 nitrogen and oxygen atoms in total. The number of ether oxygens (including phenoxy) is 1. The van der Waals surface area contributed by atoms with E-state index < -0.39 is 0 Å². The molecule has 1 saturated heterocycles. The molecule has 2 fully saturated rings. The number of carbonyl (C=O) groups is 2. The summed E-state index contributed by atoms with van der Waals surface area (Å²) >= 11 is 0. The molecule has 1 aliphatic heterocycles. The van der Waals surface area contributed by atoms with Crippen LogP contribution in [-0.4, -0.2) is 37.0 Å². The summed E-state index contributed by atoms with van der Waals surface area (Å²) in [6.45, 7) is 5.47. The first-order valence-electron chi connectivity index (χ1n) is 5.82. The van der Waals surface area contributed by atoms with Gasteiger partial charge in [-0.05, 0) is 18.3 Å². The van der Waals surface area contributed by atoms with Crippen LogP contribution < -0.4 is 0 Å². The first-order valence-corrected chi connectivity index (χ1v) is 5.82. The van der Waals surface area contributed by atoms with Crippen molar-refractivity contribution in [2.24, 2.45) is 17.3 Å². The van der Waals surface area contributed by atoms with Crippen LogP contribution in [0.15, 0.2) is 0 Å². The average Bonchev–Trinajstić information content (AvgIpc) is 2.69. The lowest BCUT2D eigenvalue weighted by Crippen LogP contribution is -2.32. The van der Waals surface area contributed by atoms with Gasteiger partial charge >= 0.3 is 5.97 Å². The van der Waals surface area contributed by atoms with Crippen molar-refractivity contribution in [1.29, 1.82) is 0 Å². The molecular weight excluding hydrogens is 206 g/mol. The largest absolute Gasteiger partial charge is 0.469 e. The minimum atomic E-state index is -0.189. The number of amides is 1. The Morgan fingerprint density at radius 1 is 1.38 bits per heavy atom. The van der Waals surface area contributed by atoms with Crippen molar-refractivity contribution in [3.05, 3.63) is 0 Å². The number of carbonyl (C=O) groups excluding carboxylic acids is 2. The molecule has 0 aromatic heterocycles. The van der Waals surface area contributed by atoms with E-state index in [1.165, 1.54) is 7.11 Å². The van der Waals surface area contributed by atoms with Crippen LogP contribution in [0, 0.1) is 17.3 Å². The van der Waals surface area contributed by atoms with E-state index in [9.17, 15) is 9.59 Å². The number of likely N-dealkylation sites (tertiary alicyclic amines) is 1. The monoisotopic (exact) mass is 225 g/mol. The van der Waals surface area contributed by atoms with Gasteiger partial charge in [-0.25, -0.2) is 0 Å². The fourth-order valence-electron chi connectivity index (χ4n) is 2.43. The van der Waals surface area contributed by atoms with Gasteiger partial charge in [-0.2, -0.15) is 0 Å². The molecule has 0 spiro atoms. The van der Waals surface area contributed by atoms with Gasteiger partial charge in [-0.15, -0.1) is 0 Å². The molecule has 0 N–H and O–H groups in total. The fraction of sp³-hybridized carbons (Fsp3) is 0.833. The van der Waals surface area contributed by atoms with Crippen LogP contribution in [0.25, 0.3) is 0 Å². The number of hydrogen-bond donors (Lipinski definition) is 0. The predicted octanol–water partition coefficient (Wildman–Crippen LogP) is 1.05. The third kappa shape index (κ3) is 1.93. The first kappa shape index (κ1) is 11.4. The summed E-state index contributed by atoms with van der Waals surface area (Å²) in [5.74, 6) is 0.0847. The summed E-state index contributed by atoms with van der Waals surface area (Å²) in [5, 5.41) is 0. The van der Waals surface area contributed by atoms with Gasteiger partial charge in [0.1, 0.15) is 0 Å². The third-order valence-electron chi connectivity index (χ3n) is 3.85. The Hall–Kier alpha value is -1.06. The molecule has 2 unspecified atom stereocenters. The minimum absolute atomic E-state index is 0.115. The lowest BCUT2D eigenvalue weighted by molar-refractivity contribution is -0.145. The van der Waals surface area contributed by atoms with Gasteiger partial charge in [0.2, 0.25) is 5.91 Å². The Bertz CT molecular complexity index is 324. The summed E-state index contributed by atoms with van der Waals surface area (Å²) in [4.78, 5) is 25.2. The summed E-state index contributed by atoms with van der Waals surface area (Å²) < 4.78 is 4.70. The second kappa shape index (κ2) is 3.75. The summed E-state index contributed by atoms with van der Waals surface area (Å²) in [6, 6.07) is 0. The predicted molar refractivity (Wildman–Crippen MR) is 58.6 cm³/mol. The van der Waals surface area contributed by atoms with E-state index in [1.807, 2.05) is 4.90 Å². The highest BCUT2D eigenvalue weighted by Gasteiger charge is 2.52. The van der Waals surface area contributed by atoms with Crippen molar-refractivity contribution in [2.75, 3.05) is 20.2 Å². The zero-order chi connectivity index (χ0) is 11.9. The molecule has 2 atom stereocenters. The van der Waals surface area contributed by atoms with Crippen molar-refractivity contribution in [1.82, 2.24) is 4.90 Å². The van der Waals surface area contributed by atoms with Crippen molar-refractivity contribution >= 4 is 11.9 Å². The van der Waals surface area contributed by atoms with Crippen LogP contribution in [0.5, 0.6) is 0 Å².